The summed E-state index contributed by atoms with van der Waals surface area (Å²) in [7, 11) is 0. The molecule has 144 valence electrons. The first-order valence-corrected chi connectivity index (χ1v) is 9.42. The second-order valence-corrected chi connectivity index (χ2v) is 7.53. The van der Waals surface area contributed by atoms with Crippen molar-refractivity contribution in [1.82, 2.24) is 14.9 Å². The molecule has 1 aromatic carbocycles. The number of anilines is 1. The molecular weight excluding hydrogens is 419 g/mol. The number of aromatic nitrogens is 2. The van der Waals surface area contributed by atoms with E-state index >= 15 is 0 Å². The molecule has 0 spiro atoms. The van der Waals surface area contributed by atoms with Crippen molar-refractivity contribution in [2.75, 3.05) is 18.0 Å². The third kappa shape index (κ3) is 4.65. The Bertz CT molecular complexity index is 972. The van der Waals surface area contributed by atoms with Gasteiger partial charge in [0.2, 0.25) is 5.91 Å². The molecule has 0 saturated carbocycles. The van der Waals surface area contributed by atoms with Crippen LogP contribution in [0, 0.1) is 12.7 Å². The van der Waals surface area contributed by atoms with Gasteiger partial charge in [0.15, 0.2) is 0 Å². The van der Waals surface area contributed by atoms with Crippen LogP contribution in [0.5, 0.6) is 0 Å². The van der Waals surface area contributed by atoms with Crippen LogP contribution in [-0.4, -0.2) is 34.6 Å². The summed E-state index contributed by atoms with van der Waals surface area (Å²) in [5.74, 6) is -0.621. The van der Waals surface area contributed by atoms with Crippen molar-refractivity contribution in [2.24, 2.45) is 0 Å². The van der Waals surface area contributed by atoms with Crippen LogP contribution in [0.4, 0.5) is 10.1 Å². The van der Waals surface area contributed by atoms with Crippen LogP contribution < -0.4 is 21.5 Å². The van der Waals surface area contributed by atoms with Crippen LogP contribution in [0.2, 0.25) is 0 Å². The van der Waals surface area contributed by atoms with Crippen molar-refractivity contribution in [3.05, 3.63) is 61.1 Å². The molecule has 7 nitrogen and oxygen atoms in total. The van der Waals surface area contributed by atoms with Crippen molar-refractivity contribution in [1.29, 1.82) is 0 Å². The Balaban J connectivity index is 1.66. The van der Waals surface area contributed by atoms with Crippen LogP contribution in [-0.2, 0) is 11.3 Å². The fourth-order valence-electron chi connectivity index (χ4n) is 3.21. The van der Waals surface area contributed by atoms with Crippen molar-refractivity contribution in [3.8, 4) is 0 Å². The van der Waals surface area contributed by atoms with E-state index in [4.69, 9.17) is 0 Å². The van der Waals surface area contributed by atoms with Crippen LogP contribution in [0.15, 0.2) is 38.5 Å². The largest absolute Gasteiger partial charge is 0.367 e. The van der Waals surface area contributed by atoms with Gasteiger partial charge in [-0.15, -0.1) is 0 Å². The molecule has 1 saturated heterocycles. The van der Waals surface area contributed by atoms with Gasteiger partial charge < -0.3 is 10.2 Å². The number of hydrogen-bond acceptors (Lipinski definition) is 4. The molecule has 3 rings (SSSR count). The lowest BCUT2D eigenvalue weighted by atomic mass is 10.0. The number of benzene rings is 1. The Morgan fingerprint density at radius 2 is 2.19 bits per heavy atom. The molecule has 1 amide bonds. The third-order valence-electron chi connectivity index (χ3n) is 4.51. The minimum Gasteiger partial charge on any atom is -0.367 e. The molecule has 0 radical (unpaired) electrons. The maximum absolute atomic E-state index is 14.1. The van der Waals surface area contributed by atoms with Crippen molar-refractivity contribution < 1.29 is 9.18 Å². The van der Waals surface area contributed by atoms with Gasteiger partial charge in [0.05, 0.1) is 10.2 Å². The Hall–Kier alpha value is -2.42. The zero-order valence-electron chi connectivity index (χ0n) is 14.8. The molecule has 27 heavy (non-hydrogen) atoms. The first-order chi connectivity index (χ1) is 12.8. The number of piperidine rings is 1. The summed E-state index contributed by atoms with van der Waals surface area (Å²) in [5, 5.41) is 2.89. The number of hydrogen-bond donors (Lipinski definition) is 2. The first-order valence-electron chi connectivity index (χ1n) is 8.63. The van der Waals surface area contributed by atoms with Crippen LogP contribution in [0.25, 0.3) is 0 Å². The third-order valence-corrected chi connectivity index (χ3v) is 5.08. The molecule has 1 aliphatic heterocycles. The van der Waals surface area contributed by atoms with Gasteiger partial charge in [0.25, 0.3) is 5.56 Å². The first kappa shape index (κ1) is 19.3. The second kappa shape index (κ2) is 8.08. The van der Waals surface area contributed by atoms with Crippen molar-refractivity contribution >= 4 is 27.5 Å². The van der Waals surface area contributed by atoms with E-state index in [9.17, 15) is 18.8 Å². The fourth-order valence-corrected chi connectivity index (χ4v) is 3.55. The minimum absolute atomic E-state index is 0.145. The van der Waals surface area contributed by atoms with E-state index in [1.807, 2.05) is 11.8 Å². The van der Waals surface area contributed by atoms with Gasteiger partial charge in [0, 0.05) is 25.3 Å². The summed E-state index contributed by atoms with van der Waals surface area (Å²) in [5.41, 5.74) is 0.320. The molecule has 0 aliphatic carbocycles. The standard InChI is InChI=1S/C18H20BrFN4O3/c1-11-4-5-14(20)15(7-11)23-6-2-3-12(8-23)21-16(25)10-24-9-13(19)17(26)22-18(24)27/h4-5,7,9,12H,2-3,6,8,10H2,1H3,(H,21,25)(H,22,26,27). The predicted octanol–water partition coefficient (Wildman–Crippen LogP) is 1.53. The van der Waals surface area contributed by atoms with Crippen LogP contribution in [0.1, 0.15) is 18.4 Å². The van der Waals surface area contributed by atoms with Crippen molar-refractivity contribution in [3.63, 3.8) is 0 Å². The van der Waals surface area contributed by atoms with E-state index in [2.05, 4.69) is 26.2 Å². The number of halogens is 2. The van der Waals surface area contributed by atoms with E-state index in [-0.39, 0.29) is 28.8 Å². The summed E-state index contributed by atoms with van der Waals surface area (Å²) in [6, 6.07) is 4.83. The topological polar surface area (TPSA) is 87.2 Å². The number of nitrogens with one attached hydrogen (secondary N) is 2. The smallest absolute Gasteiger partial charge is 0.328 e. The number of H-pyrrole nitrogens is 1. The quantitative estimate of drug-likeness (QED) is 0.757. The lowest BCUT2D eigenvalue weighted by Crippen LogP contribution is -2.49. The Morgan fingerprint density at radius 1 is 1.41 bits per heavy atom. The molecule has 9 heteroatoms. The minimum atomic E-state index is -0.648. The van der Waals surface area contributed by atoms with Gasteiger partial charge in [-0.25, -0.2) is 9.18 Å². The number of nitrogens with zero attached hydrogens (tertiary/aromatic N) is 2. The lowest BCUT2D eigenvalue weighted by Gasteiger charge is -2.35. The van der Waals surface area contributed by atoms with Crippen molar-refractivity contribution in [2.45, 2.75) is 32.4 Å². The average Bonchev–Trinajstić information content (AvgIpc) is 2.62. The molecule has 1 aromatic heterocycles. The average molecular weight is 439 g/mol. The van der Waals surface area contributed by atoms with E-state index in [1.54, 1.807) is 12.1 Å². The summed E-state index contributed by atoms with van der Waals surface area (Å²) >= 11 is 3.04. The van der Waals surface area contributed by atoms with Gasteiger partial charge in [-0.05, 0) is 53.4 Å². The highest BCUT2D eigenvalue weighted by atomic mass is 79.9. The normalized spacial score (nSPS) is 17.0. The SMILES string of the molecule is Cc1ccc(F)c(N2CCCC(NC(=O)Cn3cc(Br)c(=O)[nH]c3=O)C2)c1. The van der Waals surface area contributed by atoms with Gasteiger partial charge >= 0.3 is 5.69 Å². The Morgan fingerprint density at radius 3 is 2.96 bits per heavy atom. The fraction of sp³-hybridized carbons (Fsp3) is 0.389. The highest BCUT2D eigenvalue weighted by Crippen LogP contribution is 2.24. The predicted molar refractivity (Wildman–Crippen MR) is 104 cm³/mol. The molecule has 1 aliphatic rings. The number of rotatable bonds is 4. The molecular formula is C18H20BrFN4O3. The highest BCUT2D eigenvalue weighted by Gasteiger charge is 2.23. The molecule has 0 bridgehead atoms. The molecule has 1 fully saturated rings. The summed E-state index contributed by atoms with van der Waals surface area (Å²) in [6.45, 7) is 2.92. The summed E-state index contributed by atoms with van der Waals surface area (Å²) in [4.78, 5) is 39.5. The van der Waals surface area contributed by atoms with E-state index in [0.717, 1.165) is 29.5 Å². The van der Waals surface area contributed by atoms with Gasteiger partial charge in [0.1, 0.15) is 12.4 Å². The Labute approximate surface area is 163 Å². The zero-order valence-corrected chi connectivity index (χ0v) is 16.4. The number of carbonyl (C=O) groups excluding carboxylic acids is 1. The highest BCUT2D eigenvalue weighted by molar-refractivity contribution is 9.10. The summed E-state index contributed by atoms with van der Waals surface area (Å²) in [6.07, 6.45) is 2.89. The van der Waals surface area contributed by atoms with Gasteiger partial charge in [-0.2, -0.15) is 0 Å². The summed E-state index contributed by atoms with van der Waals surface area (Å²) < 4.78 is 15.4. The lowest BCUT2D eigenvalue weighted by molar-refractivity contribution is -0.122. The van der Waals surface area contributed by atoms with E-state index in [1.165, 1.54) is 12.3 Å². The van der Waals surface area contributed by atoms with E-state index < -0.39 is 11.2 Å². The van der Waals surface area contributed by atoms with E-state index in [0.29, 0.717) is 12.2 Å². The number of carbonyl (C=O) groups is 1. The monoisotopic (exact) mass is 438 g/mol. The van der Waals surface area contributed by atoms with Crippen LogP contribution in [0.3, 0.4) is 0 Å². The molecule has 1 unspecified atom stereocenters. The molecule has 2 aromatic rings. The zero-order chi connectivity index (χ0) is 19.6. The molecule has 2 heterocycles. The molecule has 2 N–H and O–H groups in total. The van der Waals surface area contributed by atoms with Crippen LogP contribution >= 0.6 is 15.9 Å². The number of amides is 1. The maximum Gasteiger partial charge on any atom is 0.328 e. The molecule has 1 atom stereocenters. The Kier molecular flexibility index (Phi) is 5.79. The maximum atomic E-state index is 14.1. The number of aryl methyl sites for hydroxylation is 1. The van der Waals surface area contributed by atoms with Gasteiger partial charge in [-0.3, -0.25) is 19.1 Å². The number of aromatic amines is 1. The second-order valence-electron chi connectivity index (χ2n) is 6.67. The van der Waals surface area contributed by atoms with Gasteiger partial charge in [-0.1, -0.05) is 6.07 Å².